The van der Waals surface area contributed by atoms with Crippen LogP contribution in [0.3, 0.4) is 0 Å². The van der Waals surface area contributed by atoms with Gasteiger partial charge in [-0.3, -0.25) is 9.79 Å². The lowest BCUT2D eigenvalue weighted by Crippen LogP contribution is -2.47. The number of nitrogens with two attached hydrogens (primary N) is 2. The molecule has 1 heterocycles. The molecule has 1 aliphatic rings. The zero-order valence-corrected chi connectivity index (χ0v) is 17.6. The Bertz CT molecular complexity index is 1120. The number of rotatable bonds is 4. The standard InChI is InChI=1S/C22H21ClN6O2/c1-13-11-29(22(31)28-17-7-5-14(10-24)6-8-17)12-18(27-13)19(21(26)30)20(25)15-3-2-4-16(23)9-15/h2-9,13H,11-12,25H2,1H3,(H2,26,30)(H,28,31). The van der Waals surface area contributed by atoms with Crippen LogP contribution in [0.15, 0.2) is 59.1 Å². The zero-order valence-electron chi connectivity index (χ0n) is 16.8. The minimum absolute atomic E-state index is 0.0602. The van der Waals surface area contributed by atoms with Crippen LogP contribution in [-0.2, 0) is 4.79 Å². The van der Waals surface area contributed by atoms with Crippen molar-refractivity contribution in [3.8, 4) is 6.07 Å². The molecule has 1 aliphatic heterocycles. The fourth-order valence-corrected chi connectivity index (χ4v) is 3.46. The molecule has 0 aliphatic carbocycles. The number of aliphatic imine (C=N–C) groups is 1. The van der Waals surface area contributed by atoms with Crippen molar-refractivity contribution in [3.05, 3.63) is 70.3 Å². The molecule has 158 valence electrons. The molecule has 1 unspecified atom stereocenters. The third kappa shape index (κ3) is 5.21. The van der Waals surface area contributed by atoms with Crippen LogP contribution in [0.25, 0.3) is 5.70 Å². The lowest BCUT2D eigenvalue weighted by Gasteiger charge is -2.31. The van der Waals surface area contributed by atoms with E-state index in [0.29, 0.717) is 34.1 Å². The number of primary amides is 1. The van der Waals surface area contributed by atoms with Gasteiger partial charge in [0.05, 0.1) is 41.2 Å². The highest BCUT2D eigenvalue weighted by molar-refractivity contribution is 6.31. The highest BCUT2D eigenvalue weighted by atomic mass is 35.5. The summed E-state index contributed by atoms with van der Waals surface area (Å²) in [6, 6.07) is 14.7. The fourth-order valence-electron chi connectivity index (χ4n) is 3.27. The molecule has 0 bridgehead atoms. The number of carbonyl (C=O) groups is 2. The molecule has 3 amide bonds. The summed E-state index contributed by atoms with van der Waals surface area (Å²) in [5, 5.41) is 12.1. The molecule has 0 saturated heterocycles. The molecule has 2 aromatic rings. The summed E-state index contributed by atoms with van der Waals surface area (Å²) in [6.07, 6.45) is 0. The van der Waals surface area contributed by atoms with E-state index in [1.807, 2.05) is 13.0 Å². The van der Waals surface area contributed by atoms with Gasteiger partial charge in [-0.1, -0.05) is 23.7 Å². The third-order valence-electron chi connectivity index (χ3n) is 4.69. The monoisotopic (exact) mass is 436 g/mol. The van der Waals surface area contributed by atoms with E-state index in [0.717, 1.165) is 0 Å². The van der Waals surface area contributed by atoms with Crippen LogP contribution in [0.1, 0.15) is 18.1 Å². The Morgan fingerprint density at radius 3 is 2.55 bits per heavy atom. The average molecular weight is 437 g/mol. The van der Waals surface area contributed by atoms with Gasteiger partial charge in [-0.15, -0.1) is 0 Å². The second-order valence-electron chi connectivity index (χ2n) is 7.09. The number of carbonyl (C=O) groups excluding carboxylic acids is 2. The Kier molecular flexibility index (Phi) is 6.58. The summed E-state index contributed by atoms with van der Waals surface area (Å²) in [5.41, 5.74) is 14.0. The highest BCUT2D eigenvalue weighted by Gasteiger charge is 2.28. The summed E-state index contributed by atoms with van der Waals surface area (Å²) in [5.74, 6) is -0.738. The van der Waals surface area contributed by atoms with Gasteiger partial charge in [-0.05, 0) is 48.9 Å². The van der Waals surface area contributed by atoms with Crippen LogP contribution in [0, 0.1) is 11.3 Å². The van der Waals surface area contributed by atoms with Crippen molar-refractivity contribution in [2.24, 2.45) is 16.5 Å². The van der Waals surface area contributed by atoms with E-state index >= 15 is 0 Å². The van der Waals surface area contributed by atoms with Crippen molar-refractivity contribution in [2.75, 3.05) is 18.4 Å². The molecule has 8 nitrogen and oxygen atoms in total. The second kappa shape index (κ2) is 9.32. The Morgan fingerprint density at radius 2 is 1.94 bits per heavy atom. The quantitative estimate of drug-likeness (QED) is 0.634. The summed E-state index contributed by atoms with van der Waals surface area (Å²) in [6.45, 7) is 2.25. The molecule has 3 rings (SSSR count). The maximum Gasteiger partial charge on any atom is 0.322 e. The van der Waals surface area contributed by atoms with Gasteiger partial charge in [0.15, 0.2) is 0 Å². The van der Waals surface area contributed by atoms with Gasteiger partial charge in [0.2, 0.25) is 0 Å². The van der Waals surface area contributed by atoms with Crippen LogP contribution in [-0.4, -0.2) is 41.7 Å². The van der Waals surface area contributed by atoms with E-state index in [4.69, 9.17) is 28.3 Å². The van der Waals surface area contributed by atoms with Crippen LogP contribution in [0.4, 0.5) is 10.5 Å². The van der Waals surface area contributed by atoms with Gasteiger partial charge in [0.1, 0.15) is 0 Å². The zero-order chi connectivity index (χ0) is 22.5. The van der Waals surface area contributed by atoms with Gasteiger partial charge in [-0.2, -0.15) is 5.26 Å². The molecular weight excluding hydrogens is 416 g/mol. The first-order valence-electron chi connectivity index (χ1n) is 9.47. The number of nitriles is 1. The number of amides is 3. The van der Waals surface area contributed by atoms with Crippen LogP contribution in [0.5, 0.6) is 0 Å². The number of hydrogen-bond donors (Lipinski definition) is 3. The average Bonchev–Trinajstić information content (AvgIpc) is 2.73. The maximum absolute atomic E-state index is 12.8. The lowest BCUT2D eigenvalue weighted by atomic mass is 10.00. The predicted octanol–water partition coefficient (Wildman–Crippen LogP) is 2.74. The number of hydrogen-bond acceptors (Lipinski definition) is 5. The maximum atomic E-state index is 12.8. The molecule has 31 heavy (non-hydrogen) atoms. The van der Waals surface area contributed by atoms with Crippen molar-refractivity contribution >= 4 is 40.6 Å². The van der Waals surface area contributed by atoms with E-state index in [1.165, 1.54) is 4.90 Å². The van der Waals surface area contributed by atoms with Crippen LogP contribution in [0.2, 0.25) is 5.02 Å². The van der Waals surface area contributed by atoms with E-state index in [1.54, 1.807) is 48.5 Å². The number of urea groups is 1. The fraction of sp³-hybridized carbons (Fsp3) is 0.182. The van der Waals surface area contributed by atoms with Gasteiger partial charge in [-0.25, -0.2) is 4.79 Å². The first-order chi connectivity index (χ1) is 14.8. The van der Waals surface area contributed by atoms with E-state index < -0.39 is 5.91 Å². The van der Waals surface area contributed by atoms with Crippen molar-refractivity contribution in [1.82, 2.24) is 4.90 Å². The minimum Gasteiger partial charge on any atom is -0.398 e. The third-order valence-corrected chi connectivity index (χ3v) is 4.93. The van der Waals surface area contributed by atoms with Gasteiger partial charge >= 0.3 is 6.03 Å². The van der Waals surface area contributed by atoms with Crippen LogP contribution < -0.4 is 16.8 Å². The first kappa shape index (κ1) is 21.9. The molecule has 0 spiro atoms. The summed E-state index contributed by atoms with van der Waals surface area (Å²) in [4.78, 5) is 31.1. The summed E-state index contributed by atoms with van der Waals surface area (Å²) in [7, 11) is 0. The SMILES string of the molecule is CC1CN(C(=O)Nc2ccc(C#N)cc2)CC(C(C(N)=O)=C(N)c2cccc(Cl)c2)=N1. The minimum atomic E-state index is -0.738. The van der Waals surface area contributed by atoms with E-state index in [9.17, 15) is 9.59 Å². The second-order valence-corrected chi connectivity index (χ2v) is 7.52. The highest BCUT2D eigenvalue weighted by Crippen LogP contribution is 2.21. The molecule has 0 saturated carbocycles. The van der Waals surface area contributed by atoms with Crippen molar-refractivity contribution in [2.45, 2.75) is 13.0 Å². The Morgan fingerprint density at radius 1 is 1.23 bits per heavy atom. The van der Waals surface area contributed by atoms with Crippen LogP contribution >= 0.6 is 11.6 Å². The van der Waals surface area contributed by atoms with Gasteiger partial charge in [0, 0.05) is 17.3 Å². The molecule has 0 fully saturated rings. The van der Waals surface area contributed by atoms with E-state index in [-0.39, 0.29) is 29.9 Å². The molecule has 9 heteroatoms. The predicted molar refractivity (Wildman–Crippen MR) is 120 cm³/mol. The molecule has 2 aromatic carbocycles. The number of nitrogens with zero attached hydrogens (tertiary/aromatic N) is 3. The normalized spacial score (nSPS) is 16.6. The number of halogens is 1. The van der Waals surface area contributed by atoms with Crippen molar-refractivity contribution in [1.29, 1.82) is 5.26 Å². The number of nitrogens with one attached hydrogen (secondary N) is 1. The largest absolute Gasteiger partial charge is 0.398 e. The molecule has 0 radical (unpaired) electrons. The molecular formula is C22H21ClN6O2. The Balaban J connectivity index is 1.87. The smallest absolute Gasteiger partial charge is 0.322 e. The summed E-state index contributed by atoms with van der Waals surface area (Å²) >= 11 is 6.04. The van der Waals surface area contributed by atoms with Crippen molar-refractivity contribution in [3.63, 3.8) is 0 Å². The Labute approximate surface area is 184 Å². The van der Waals surface area contributed by atoms with Crippen molar-refractivity contribution < 1.29 is 9.59 Å². The first-order valence-corrected chi connectivity index (χ1v) is 9.85. The topological polar surface area (TPSA) is 138 Å². The Hall–Kier alpha value is -3.83. The van der Waals surface area contributed by atoms with Gasteiger partial charge < -0.3 is 21.7 Å². The molecule has 1 atom stereocenters. The number of benzene rings is 2. The molecule has 0 aromatic heterocycles. The number of anilines is 1. The van der Waals surface area contributed by atoms with E-state index in [2.05, 4.69) is 10.3 Å². The molecule has 5 N–H and O–H groups in total. The van der Waals surface area contributed by atoms with Gasteiger partial charge in [0.25, 0.3) is 5.91 Å². The lowest BCUT2D eigenvalue weighted by molar-refractivity contribution is -0.114. The summed E-state index contributed by atoms with van der Waals surface area (Å²) < 4.78 is 0.